The molecule has 2 heterocycles. The zero-order valence-corrected chi connectivity index (χ0v) is 14.3. The van der Waals surface area contributed by atoms with Gasteiger partial charge in [0.25, 0.3) is 0 Å². The summed E-state index contributed by atoms with van der Waals surface area (Å²) < 4.78 is 11.5. The fourth-order valence-electron chi connectivity index (χ4n) is 3.04. The molecule has 0 amide bonds. The third-order valence-electron chi connectivity index (χ3n) is 4.35. The molecule has 2 aromatic carbocycles. The first-order valence-electron chi connectivity index (χ1n) is 8.32. The Bertz CT molecular complexity index is 965. The molecular formula is C22H17NO3. The maximum absolute atomic E-state index is 13.2. The number of fused-ring (bicyclic) bond motifs is 1. The monoisotopic (exact) mass is 343 g/mol. The number of nitrogens with zero attached hydrogens (tertiary/aromatic N) is 1. The van der Waals surface area contributed by atoms with Gasteiger partial charge in [-0.1, -0.05) is 30.3 Å². The van der Waals surface area contributed by atoms with Crippen LogP contribution in [0.4, 0.5) is 0 Å². The van der Waals surface area contributed by atoms with Crippen LogP contribution >= 0.6 is 0 Å². The van der Waals surface area contributed by atoms with Crippen LogP contribution < -0.4 is 9.47 Å². The van der Waals surface area contributed by atoms with E-state index in [4.69, 9.17) is 9.47 Å². The number of ketones is 1. The summed E-state index contributed by atoms with van der Waals surface area (Å²) in [5.41, 5.74) is 2.97. The zero-order chi connectivity index (χ0) is 17.9. The van der Waals surface area contributed by atoms with E-state index in [9.17, 15) is 4.79 Å². The minimum Gasteiger partial charge on any atom is -0.497 e. The van der Waals surface area contributed by atoms with Crippen LogP contribution in [0.1, 0.15) is 27.6 Å². The Morgan fingerprint density at radius 3 is 2.54 bits per heavy atom. The summed E-state index contributed by atoms with van der Waals surface area (Å²) in [6, 6.07) is 18.8. The van der Waals surface area contributed by atoms with Crippen molar-refractivity contribution < 1.29 is 14.3 Å². The molecule has 1 aromatic heterocycles. The third kappa shape index (κ3) is 2.97. The molecule has 0 N–H and O–H groups in total. The average molecular weight is 343 g/mol. The normalized spacial score (nSPS) is 17.5. The molecule has 4 nitrogen and oxygen atoms in total. The van der Waals surface area contributed by atoms with Crippen molar-refractivity contribution in [1.82, 2.24) is 4.98 Å². The Hall–Kier alpha value is -3.40. The van der Waals surface area contributed by atoms with Gasteiger partial charge in [-0.25, -0.2) is 0 Å². The van der Waals surface area contributed by atoms with E-state index in [1.54, 1.807) is 37.7 Å². The number of methoxy groups -OCH3 is 1. The van der Waals surface area contributed by atoms with Gasteiger partial charge in [0.15, 0.2) is 11.9 Å². The summed E-state index contributed by atoms with van der Waals surface area (Å²) >= 11 is 0. The number of hydrogen-bond acceptors (Lipinski definition) is 4. The maximum Gasteiger partial charge on any atom is 0.196 e. The van der Waals surface area contributed by atoms with Crippen LogP contribution in [0.5, 0.6) is 11.5 Å². The van der Waals surface area contributed by atoms with Crippen LogP contribution in [-0.2, 0) is 0 Å². The highest BCUT2D eigenvalue weighted by molar-refractivity contribution is 6.14. The van der Waals surface area contributed by atoms with Gasteiger partial charge >= 0.3 is 0 Å². The van der Waals surface area contributed by atoms with Crippen molar-refractivity contribution in [1.29, 1.82) is 0 Å². The van der Waals surface area contributed by atoms with Crippen LogP contribution in [-0.4, -0.2) is 17.9 Å². The highest BCUT2D eigenvalue weighted by Crippen LogP contribution is 2.40. The van der Waals surface area contributed by atoms with E-state index in [-0.39, 0.29) is 5.78 Å². The van der Waals surface area contributed by atoms with Gasteiger partial charge < -0.3 is 9.47 Å². The lowest BCUT2D eigenvalue weighted by atomic mass is 9.89. The van der Waals surface area contributed by atoms with E-state index in [2.05, 4.69) is 4.98 Å². The van der Waals surface area contributed by atoms with Crippen molar-refractivity contribution in [2.75, 3.05) is 7.11 Å². The Labute approximate surface area is 151 Å². The molecule has 3 aromatic rings. The van der Waals surface area contributed by atoms with Crippen molar-refractivity contribution in [2.24, 2.45) is 0 Å². The quantitative estimate of drug-likeness (QED) is 0.658. The van der Waals surface area contributed by atoms with Crippen molar-refractivity contribution in [2.45, 2.75) is 6.10 Å². The molecule has 1 unspecified atom stereocenters. The van der Waals surface area contributed by atoms with Gasteiger partial charge in [0.05, 0.1) is 12.7 Å². The van der Waals surface area contributed by atoms with Crippen LogP contribution in [0.25, 0.3) is 6.08 Å². The molecule has 4 heteroatoms. The maximum atomic E-state index is 13.2. The minimum atomic E-state index is -0.475. The molecule has 0 fully saturated rings. The van der Waals surface area contributed by atoms with Crippen molar-refractivity contribution in [3.63, 3.8) is 0 Å². The number of rotatable bonds is 3. The second kappa shape index (κ2) is 6.84. The molecule has 0 bridgehead atoms. The first-order valence-corrected chi connectivity index (χ1v) is 8.32. The predicted octanol–water partition coefficient (Wildman–Crippen LogP) is 4.49. The lowest BCUT2D eigenvalue weighted by molar-refractivity contribution is 0.0963. The number of benzene rings is 2. The smallest absolute Gasteiger partial charge is 0.196 e. The van der Waals surface area contributed by atoms with Gasteiger partial charge in [0.1, 0.15) is 11.5 Å². The Morgan fingerprint density at radius 2 is 1.81 bits per heavy atom. The molecule has 0 saturated heterocycles. The lowest BCUT2D eigenvalue weighted by Crippen LogP contribution is -2.23. The zero-order valence-electron chi connectivity index (χ0n) is 14.3. The molecule has 0 aliphatic carbocycles. The summed E-state index contributed by atoms with van der Waals surface area (Å²) in [6.45, 7) is 0. The van der Waals surface area contributed by atoms with Crippen LogP contribution in [0.15, 0.2) is 78.6 Å². The number of ether oxygens (including phenoxy) is 2. The summed E-state index contributed by atoms with van der Waals surface area (Å²) in [5.74, 6) is 1.15. The van der Waals surface area contributed by atoms with E-state index >= 15 is 0 Å². The fourth-order valence-corrected chi connectivity index (χ4v) is 3.04. The molecule has 0 saturated carbocycles. The van der Waals surface area contributed by atoms with E-state index in [0.29, 0.717) is 22.6 Å². The summed E-state index contributed by atoms with van der Waals surface area (Å²) in [7, 11) is 1.59. The fraction of sp³-hybridized carbons (Fsp3) is 0.0909. The molecule has 1 atom stereocenters. The number of carbonyl (C=O) groups is 1. The molecule has 0 radical (unpaired) electrons. The van der Waals surface area contributed by atoms with E-state index in [0.717, 1.165) is 11.1 Å². The van der Waals surface area contributed by atoms with Crippen molar-refractivity contribution in [3.8, 4) is 11.5 Å². The first kappa shape index (κ1) is 16.1. The average Bonchev–Trinajstić information content (AvgIpc) is 2.71. The summed E-state index contributed by atoms with van der Waals surface area (Å²) in [4.78, 5) is 17.2. The second-order valence-corrected chi connectivity index (χ2v) is 5.98. The van der Waals surface area contributed by atoms with E-state index in [1.807, 2.05) is 48.5 Å². The molecule has 128 valence electrons. The molecular weight excluding hydrogens is 326 g/mol. The van der Waals surface area contributed by atoms with Crippen molar-refractivity contribution in [3.05, 3.63) is 95.3 Å². The van der Waals surface area contributed by atoms with Crippen molar-refractivity contribution >= 4 is 11.9 Å². The number of hydrogen-bond donors (Lipinski definition) is 0. The van der Waals surface area contributed by atoms with E-state index < -0.39 is 6.10 Å². The predicted molar refractivity (Wildman–Crippen MR) is 99.3 cm³/mol. The SMILES string of the molecule is COc1ccc2c(c1)OC(c1ccccc1)/C(=C\c1ccncc1)C2=O. The third-order valence-corrected chi connectivity index (χ3v) is 4.35. The van der Waals surface area contributed by atoms with Crippen LogP contribution in [0, 0.1) is 0 Å². The first-order chi connectivity index (χ1) is 12.8. The van der Waals surface area contributed by atoms with Crippen LogP contribution in [0.2, 0.25) is 0 Å². The second-order valence-electron chi connectivity index (χ2n) is 5.98. The molecule has 26 heavy (non-hydrogen) atoms. The van der Waals surface area contributed by atoms with Gasteiger partial charge in [-0.05, 0) is 41.5 Å². The van der Waals surface area contributed by atoms with Gasteiger partial charge in [0, 0.05) is 24.0 Å². The summed E-state index contributed by atoms with van der Waals surface area (Å²) in [6.07, 6.45) is 4.80. The van der Waals surface area contributed by atoms with Gasteiger partial charge in [-0.2, -0.15) is 0 Å². The minimum absolute atomic E-state index is 0.0421. The molecule has 4 rings (SSSR count). The summed E-state index contributed by atoms with van der Waals surface area (Å²) in [5, 5.41) is 0. The topological polar surface area (TPSA) is 48.4 Å². The van der Waals surface area contributed by atoms with Gasteiger partial charge in [-0.3, -0.25) is 9.78 Å². The number of Topliss-reactive ketones (excluding diaryl/α,β-unsaturated/α-hetero) is 1. The highest BCUT2D eigenvalue weighted by atomic mass is 16.5. The van der Waals surface area contributed by atoms with Gasteiger partial charge in [-0.15, -0.1) is 0 Å². The van der Waals surface area contributed by atoms with Crippen LogP contribution in [0.3, 0.4) is 0 Å². The lowest BCUT2D eigenvalue weighted by Gasteiger charge is -2.28. The molecule has 1 aliphatic rings. The van der Waals surface area contributed by atoms with Gasteiger partial charge in [0.2, 0.25) is 0 Å². The molecule has 1 aliphatic heterocycles. The Kier molecular flexibility index (Phi) is 4.23. The standard InChI is InChI=1S/C22H17NO3/c1-25-17-7-8-18-20(14-17)26-22(16-5-3-2-4-6-16)19(21(18)24)13-15-9-11-23-12-10-15/h2-14,22H,1H3/b19-13-. The Morgan fingerprint density at radius 1 is 1.04 bits per heavy atom. The molecule has 0 spiro atoms. The highest BCUT2D eigenvalue weighted by Gasteiger charge is 2.33. The largest absolute Gasteiger partial charge is 0.497 e. The Balaban J connectivity index is 1.86. The number of aromatic nitrogens is 1. The van der Waals surface area contributed by atoms with E-state index in [1.165, 1.54) is 0 Å². The number of pyridine rings is 1. The number of carbonyl (C=O) groups excluding carboxylic acids is 1.